The van der Waals surface area contributed by atoms with Crippen molar-refractivity contribution in [2.24, 2.45) is 5.73 Å². The fraction of sp³-hybridized carbons (Fsp3) is 0.462. The Labute approximate surface area is 110 Å². The molecule has 0 bridgehead atoms. The van der Waals surface area contributed by atoms with Crippen molar-refractivity contribution in [2.45, 2.75) is 37.8 Å². The van der Waals surface area contributed by atoms with Crippen molar-refractivity contribution in [1.29, 1.82) is 0 Å². The van der Waals surface area contributed by atoms with Gasteiger partial charge in [0.05, 0.1) is 11.6 Å². The van der Waals surface area contributed by atoms with E-state index in [1.807, 2.05) is 31.2 Å². The molecular formula is C13H17BrN2O. The van der Waals surface area contributed by atoms with Crippen LogP contribution in [0.3, 0.4) is 0 Å². The summed E-state index contributed by atoms with van der Waals surface area (Å²) >= 11 is 3.49. The molecule has 4 heteroatoms. The van der Waals surface area contributed by atoms with Crippen molar-refractivity contribution in [2.75, 3.05) is 0 Å². The first kappa shape index (κ1) is 12.6. The van der Waals surface area contributed by atoms with Crippen LogP contribution in [0.1, 0.15) is 37.8 Å². The molecule has 3 nitrogen and oxygen atoms in total. The van der Waals surface area contributed by atoms with Gasteiger partial charge in [0.1, 0.15) is 0 Å². The van der Waals surface area contributed by atoms with Crippen LogP contribution >= 0.6 is 15.9 Å². The van der Waals surface area contributed by atoms with Gasteiger partial charge in [-0.3, -0.25) is 4.79 Å². The van der Waals surface area contributed by atoms with Crippen molar-refractivity contribution < 1.29 is 4.79 Å². The van der Waals surface area contributed by atoms with Gasteiger partial charge in [0.2, 0.25) is 5.91 Å². The molecule has 0 spiro atoms. The van der Waals surface area contributed by atoms with E-state index in [1.165, 1.54) is 0 Å². The Bertz CT molecular complexity index is 429. The molecule has 2 rings (SSSR count). The third kappa shape index (κ3) is 2.53. The van der Waals surface area contributed by atoms with E-state index in [0.717, 1.165) is 29.3 Å². The highest BCUT2D eigenvalue weighted by Gasteiger charge is 2.40. The number of carbonyl (C=O) groups is 1. The summed E-state index contributed by atoms with van der Waals surface area (Å²) < 4.78 is 1.01. The Morgan fingerprint density at radius 1 is 1.47 bits per heavy atom. The second kappa shape index (κ2) is 4.78. The molecule has 1 aliphatic rings. The summed E-state index contributed by atoms with van der Waals surface area (Å²) in [5.74, 6) is -0.0352. The fourth-order valence-electron chi connectivity index (χ4n) is 2.03. The minimum atomic E-state index is -0.629. The molecule has 1 fully saturated rings. The van der Waals surface area contributed by atoms with E-state index in [1.54, 1.807) is 0 Å². The normalized spacial score (nSPS) is 19.2. The molecular weight excluding hydrogens is 280 g/mol. The Morgan fingerprint density at radius 2 is 2.12 bits per heavy atom. The Morgan fingerprint density at radius 3 is 2.65 bits per heavy atom. The molecule has 0 aliphatic heterocycles. The van der Waals surface area contributed by atoms with Crippen LogP contribution in [0.4, 0.5) is 0 Å². The maximum absolute atomic E-state index is 12.0. The second-order valence-electron chi connectivity index (χ2n) is 4.73. The highest BCUT2D eigenvalue weighted by Crippen LogP contribution is 2.30. The van der Waals surface area contributed by atoms with Gasteiger partial charge in [0.25, 0.3) is 0 Å². The average molecular weight is 297 g/mol. The van der Waals surface area contributed by atoms with Crippen LogP contribution in [-0.2, 0) is 4.79 Å². The summed E-state index contributed by atoms with van der Waals surface area (Å²) in [6, 6.07) is 7.86. The van der Waals surface area contributed by atoms with Gasteiger partial charge < -0.3 is 11.1 Å². The molecule has 0 aromatic heterocycles. The Hall–Kier alpha value is -0.870. The lowest BCUT2D eigenvalue weighted by atomic mass is 9.77. The summed E-state index contributed by atoms with van der Waals surface area (Å²) in [6.45, 7) is 1.97. The van der Waals surface area contributed by atoms with Gasteiger partial charge in [0.15, 0.2) is 0 Å². The number of amides is 1. The summed E-state index contributed by atoms with van der Waals surface area (Å²) in [4.78, 5) is 12.0. The second-order valence-corrected chi connectivity index (χ2v) is 5.58. The zero-order valence-electron chi connectivity index (χ0n) is 9.87. The van der Waals surface area contributed by atoms with E-state index in [0.29, 0.717) is 0 Å². The minimum absolute atomic E-state index is 0.0286. The number of benzene rings is 1. The smallest absolute Gasteiger partial charge is 0.240 e. The lowest BCUT2D eigenvalue weighted by Crippen LogP contribution is -2.58. The minimum Gasteiger partial charge on any atom is -0.348 e. The molecule has 0 heterocycles. The molecule has 3 N–H and O–H groups in total. The zero-order valence-corrected chi connectivity index (χ0v) is 11.5. The van der Waals surface area contributed by atoms with Gasteiger partial charge in [0, 0.05) is 4.47 Å². The zero-order chi connectivity index (χ0) is 12.5. The first-order valence-electron chi connectivity index (χ1n) is 5.87. The van der Waals surface area contributed by atoms with Gasteiger partial charge in [-0.25, -0.2) is 0 Å². The fourth-order valence-corrected chi connectivity index (χ4v) is 2.66. The van der Waals surface area contributed by atoms with E-state index in [-0.39, 0.29) is 11.9 Å². The predicted molar refractivity (Wildman–Crippen MR) is 71.5 cm³/mol. The maximum atomic E-state index is 12.0. The van der Waals surface area contributed by atoms with E-state index in [2.05, 4.69) is 21.2 Å². The van der Waals surface area contributed by atoms with Crippen molar-refractivity contribution >= 4 is 21.8 Å². The number of carbonyl (C=O) groups excluding carboxylic acids is 1. The molecule has 92 valence electrons. The molecule has 1 aliphatic carbocycles. The van der Waals surface area contributed by atoms with Crippen LogP contribution < -0.4 is 11.1 Å². The summed E-state index contributed by atoms with van der Waals surface area (Å²) in [5.41, 5.74) is 6.43. The standard InChI is InChI=1S/C13H17BrN2O/c1-9(10-5-2-3-6-11(10)14)16-12(17)13(15)7-4-8-13/h2-3,5-6,9H,4,7-8,15H2,1H3,(H,16,17)/t9-/m1/s1. The van der Waals surface area contributed by atoms with Gasteiger partial charge in [-0.15, -0.1) is 0 Å². The molecule has 0 saturated heterocycles. The predicted octanol–water partition coefficient (Wildman–Crippen LogP) is 2.51. The number of hydrogen-bond acceptors (Lipinski definition) is 2. The topological polar surface area (TPSA) is 55.1 Å². The van der Waals surface area contributed by atoms with E-state index >= 15 is 0 Å². The van der Waals surface area contributed by atoms with Crippen molar-refractivity contribution in [3.8, 4) is 0 Å². The summed E-state index contributed by atoms with van der Waals surface area (Å²) in [5, 5.41) is 2.99. The Kier molecular flexibility index (Phi) is 3.54. The lowest BCUT2D eigenvalue weighted by Gasteiger charge is -2.37. The van der Waals surface area contributed by atoms with Crippen molar-refractivity contribution in [3.05, 3.63) is 34.3 Å². The molecule has 0 unspecified atom stereocenters. The number of rotatable bonds is 3. The number of nitrogens with one attached hydrogen (secondary N) is 1. The van der Waals surface area contributed by atoms with E-state index in [9.17, 15) is 4.79 Å². The van der Waals surface area contributed by atoms with Crippen molar-refractivity contribution in [1.82, 2.24) is 5.32 Å². The summed E-state index contributed by atoms with van der Waals surface area (Å²) in [6.07, 6.45) is 2.64. The van der Waals surface area contributed by atoms with Crippen LogP contribution in [0.5, 0.6) is 0 Å². The largest absolute Gasteiger partial charge is 0.348 e. The molecule has 1 aromatic carbocycles. The Balaban J connectivity index is 2.04. The van der Waals surface area contributed by atoms with E-state index in [4.69, 9.17) is 5.73 Å². The highest BCUT2D eigenvalue weighted by atomic mass is 79.9. The number of hydrogen-bond donors (Lipinski definition) is 2. The number of nitrogens with two attached hydrogens (primary N) is 1. The maximum Gasteiger partial charge on any atom is 0.240 e. The van der Waals surface area contributed by atoms with Crippen molar-refractivity contribution in [3.63, 3.8) is 0 Å². The van der Waals surface area contributed by atoms with E-state index < -0.39 is 5.54 Å². The molecule has 1 amide bonds. The van der Waals surface area contributed by atoms with Gasteiger partial charge in [-0.1, -0.05) is 34.1 Å². The first-order chi connectivity index (χ1) is 8.03. The van der Waals surface area contributed by atoms with Crippen LogP contribution in [0.25, 0.3) is 0 Å². The number of halogens is 1. The van der Waals surface area contributed by atoms with Gasteiger partial charge in [-0.05, 0) is 37.8 Å². The molecule has 1 aromatic rings. The molecule has 0 radical (unpaired) electrons. The molecule has 17 heavy (non-hydrogen) atoms. The quantitative estimate of drug-likeness (QED) is 0.900. The third-order valence-corrected chi connectivity index (χ3v) is 4.14. The molecule has 1 saturated carbocycles. The van der Waals surface area contributed by atoms with Crippen LogP contribution in [0, 0.1) is 0 Å². The molecule has 1 atom stereocenters. The van der Waals surface area contributed by atoms with Crippen LogP contribution in [0.2, 0.25) is 0 Å². The lowest BCUT2D eigenvalue weighted by molar-refractivity contribution is -0.129. The average Bonchev–Trinajstić information content (AvgIpc) is 2.26. The highest BCUT2D eigenvalue weighted by molar-refractivity contribution is 9.10. The third-order valence-electron chi connectivity index (χ3n) is 3.42. The summed E-state index contributed by atoms with van der Waals surface area (Å²) in [7, 11) is 0. The van der Waals surface area contributed by atoms with Gasteiger partial charge in [-0.2, -0.15) is 0 Å². The first-order valence-corrected chi connectivity index (χ1v) is 6.66. The van der Waals surface area contributed by atoms with Crippen LogP contribution in [-0.4, -0.2) is 11.4 Å². The monoisotopic (exact) mass is 296 g/mol. The van der Waals surface area contributed by atoms with Crippen LogP contribution in [0.15, 0.2) is 28.7 Å². The van der Waals surface area contributed by atoms with Gasteiger partial charge >= 0.3 is 0 Å². The SMILES string of the molecule is C[C@@H](NC(=O)C1(N)CCC1)c1ccccc1Br.